The summed E-state index contributed by atoms with van der Waals surface area (Å²) in [4.78, 5) is 34.8. The first-order valence-corrected chi connectivity index (χ1v) is 15.5. The highest BCUT2D eigenvalue weighted by Gasteiger charge is 2.32. The SMILES string of the molecule is Cc1ccc(C)c(CN2C(=O)c3ccccc3S(=O)c3ccc(C(=O)N4CCN(c5cc(C)ccc5C)CC4)cc32)c1. The van der Waals surface area contributed by atoms with E-state index in [0.717, 1.165) is 29.8 Å². The molecule has 1 unspecified atom stereocenters. The molecule has 0 N–H and O–H groups in total. The lowest BCUT2D eigenvalue weighted by atomic mass is 10.0. The molecule has 1 saturated heterocycles. The summed E-state index contributed by atoms with van der Waals surface area (Å²) in [6, 6.07) is 25.0. The quantitative estimate of drug-likeness (QED) is 0.289. The summed E-state index contributed by atoms with van der Waals surface area (Å²) in [5.41, 5.74) is 8.30. The Bertz CT molecular complexity index is 1740. The molecule has 6 nitrogen and oxygen atoms in total. The number of aryl methyl sites for hydroxylation is 4. The summed E-state index contributed by atoms with van der Waals surface area (Å²) in [7, 11) is -1.57. The van der Waals surface area contributed by atoms with Gasteiger partial charge in [-0.15, -0.1) is 0 Å². The molecule has 42 heavy (non-hydrogen) atoms. The Hall–Kier alpha value is -4.23. The van der Waals surface area contributed by atoms with Crippen LogP contribution in [-0.4, -0.2) is 47.1 Å². The van der Waals surface area contributed by atoms with Crippen LogP contribution in [0.25, 0.3) is 0 Å². The Balaban J connectivity index is 1.33. The van der Waals surface area contributed by atoms with Crippen LogP contribution in [0.4, 0.5) is 11.4 Å². The van der Waals surface area contributed by atoms with Crippen LogP contribution in [0.5, 0.6) is 0 Å². The zero-order valence-electron chi connectivity index (χ0n) is 24.5. The van der Waals surface area contributed by atoms with E-state index in [-0.39, 0.29) is 11.8 Å². The molecule has 0 aromatic heterocycles. The lowest BCUT2D eigenvalue weighted by Crippen LogP contribution is -2.49. The minimum absolute atomic E-state index is 0.0786. The number of carbonyl (C=O) groups is 2. The Kier molecular flexibility index (Phi) is 7.45. The zero-order valence-corrected chi connectivity index (χ0v) is 25.3. The topological polar surface area (TPSA) is 60.9 Å². The third kappa shape index (κ3) is 5.13. The molecule has 4 aromatic rings. The van der Waals surface area contributed by atoms with Crippen LogP contribution in [0, 0.1) is 27.7 Å². The van der Waals surface area contributed by atoms with Crippen molar-refractivity contribution in [1.29, 1.82) is 0 Å². The molecule has 2 aliphatic heterocycles. The second-order valence-corrected chi connectivity index (χ2v) is 12.8. The second-order valence-electron chi connectivity index (χ2n) is 11.3. The van der Waals surface area contributed by atoms with E-state index in [1.54, 1.807) is 47.4 Å². The Morgan fingerprint density at radius 3 is 2.19 bits per heavy atom. The summed E-state index contributed by atoms with van der Waals surface area (Å²) in [6.45, 7) is 11.3. The van der Waals surface area contributed by atoms with Gasteiger partial charge in [0, 0.05) is 37.4 Å². The van der Waals surface area contributed by atoms with Crippen molar-refractivity contribution < 1.29 is 13.8 Å². The van der Waals surface area contributed by atoms with Gasteiger partial charge in [-0.3, -0.25) is 9.59 Å². The Labute approximate surface area is 250 Å². The minimum atomic E-state index is -1.57. The number of benzene rings is 4. The van der Waals surface area contributed by atoms with Crippen molar-refractivity contribution >= 4 is 34.0 Å². The molecule has 2 aliphatic rings. The molecule has 0 bridgehead atoms. The molecule has 0 spiro atoms. The molecule has 214 valence electrons. The molecule has 0 saturated carbocycles. The third-order valence-corrected chi connectivity index (χ3v) is 9.86. The summed E-state index contributed by atoms with van der Waals surface area (Å²) in [5.74, 6) is -0.296. The van der Waals surface area contributed by atoms with Crippen LogP contribution < -0.4 is 9.80 Å². The van der Waals surface area contributed by atoms with Gasteiger partial charge in [-0.05, 0) is 86.3 Å². The maximum Gasteiger partial charge on any atom is 0.259 e. The Morgan fingerprint density at radius 2 is 1.43 bits per heavy atom. The summed E-state index contributed by atoms with van der Waals surface area (Å²) >= 11 is 0. The van der Waals surface area contributed by atoms with Crippen LogP contribution in [0.15, 0.2) is 88.7 Å². The third-order valence-electron chi connectivity index (χ3n) is 8.36. The Morgan fingerprint density at radius 1 is 0.738 bits per heavy atom. The van der Waals surface area contributed by atoms with E-state index < -0.39 is 10.8 Å². The number of hydrogen-bond acceptors (Lipinski definition) is 4. The second kappa shape index (κ2) is 11.2. The highest BCUT2D eigenvalue weighted by atomic mass is 32.2. The molecule has 1 fully saturated rings. The molecule has 4 aromatic carbocycles. The number of anilines is 2. The number of hydrogen-bond donors (Lipinski definition) is 0. The molecule has 6 rings (SSSR count). The van der Waals surface area contributed by atoms with Gasteiger partial charge in [0.15, 0.2) is 0 Å². The monoisotopic (exact) mass is 577 g/mol. The molecule has 1 atom stereocenters. The van der Waals surface area contributed by atoms with Gasteiger partial charge >= 0.3 is 0 Å². The van der Waals surface area contributed by atoms with Crippen LogP contribution in [-0.2, 0) is 17.3 Å². The van der Waals surface area contributed by atoms with Gasteiger partial charge in [-0.25, -0.2) is 4.21 Å². The number of rotatable bonds is 4. The van der Waals surface area contributed by atoms with E-state index in [2.05, 4.69) is 55.1 Å². The predicted molar refractivity (Wildman–Crippen MR) is 168 cm³/mol. The van der Waals surface area contributed by atoms with Gasteiger partial charge in [0.25, 0.3) is 11.8 Å². The average Bonchev–Trinajstić information content (AvgIpc) is 3.09. The first kappa shape index (κ1) is 27.9. The van der Waals surface area contributed by atoms with Crippen molar-refractivity contribution in [2.75, 3.05) is 36.0 Å². The molecule has 7 heteroatoms. The lowest BCUT2D eigenvalue weighted by Gasteiger charge is -2.37. The van der Waals surface area contributed by atoms with Crippen LogP contribution in [0.3, 0.4) is 0 Å². The van der Waals surface area contributed by atoms with Crippen molar-refractivity contribution in [1.82, 2.24) is 4.90 Å². The smallest absolute Gasteiger partial charge is 0.259 e. The summed E-state index contributed by atoms with van der Waals surface area (Å²) in [5, 5.41) is 0. The zero-order chi connectivity index (χ0) is 29.5. The van der Waals surface area contributed by atoms with Crippen LogP contribution in [0.2, 0.25) is 0 Å². The van der Waals surface area contributed by atoms with Gasteiger partial charge in [0.1, 0.15) is 0 Å². The first-order valence-electron chi connectivity index (χ1n) is 14.4. The fraction of sp³-hybridized carbons (Fsp3) is 0.257. The van der Waals surface area contributed by atoms with Gasteiger partial charge in [-0.1, -0.05) is 48.0 Å². The van der Waals surface area contributed by atoms with E-state index in [4.69, 9.17) is 0 Å². The fourth-order valence-electron chi connectivity index (χ4n) is 5.89. The number of fused-ring (bicyclic) bond motifs is 2. The highest BCUT2D eigenvalue weighted by Crippen LogP contribution is 2.37. The molecule has 0 radical (unpaired) electrons. The number of piperazine rings is 1. The molecule has 2 amide bonds. The van der Waals surface area contributed by atoms with Crippen LogP contribution >= 0.6 is 0 Å². The fourth-order valence-corrected chi connectivity index (χ4v) is 7.23. The van der Waals surface area contributed by atoms with Crippen molar-refractivity contribution in [2.45, 2.75) is 44.0 Å². The van der Waals surface area contributed by atoms with Crippen molar-refractivity contribution in [2.24, 2.45) is 0 Å². The highest BCUT2D eigenvalue weighted by molar-refractivity contribution is 7.85. The maximum atomic E-state index is 14.0. The van der Waals surface area contributed by atoms with E-state index >= 15 is 0 Å². The van der Waals surface area contributed by atoms with Gasteiger partial charge < -0.3 is 14.7 Å². The lowest BCUT2D eigenvalue weighted by molar-refractivity contribution is 0.0746. The molecular formula is C35H35N3O3S. The average molecular weight is 578 g/mol. The summed E-state index contributed by atoms with van der Waals surface area (Å²) < 4.78 is 13.8. The van der Waals surface area contributed by atoms with E-state index in [0.29, 0.717) is 46.2 Å². The van der Waals surface area contributed by atoms with Gasteiger partial charge in [0.2, 0.25) is 0 Å². The van der Waals surface area contributed by atoms with E-state index in [1.807, 2.05) is 18.7 Å². The van der Waals surface area contributed by atoms with E-state index in [1.165, 1.54) is 16.8 Å². The van der Waals surface area contributed by atoms with E-state index in [9.17, 15) is 13.8 Å². The predicted octanol–water partition coefficient (Wildman–Crippen LogP) is 6.21. The largest absolute Gasteiger partial charge is 0.368 e. The minimum Gasteiger partial charge on any atom is -0.368 e. The van der Waals surface area contributed by atoms with Gasteiger partial charge in [-0.2, -0.15) is 0 Å². The molecule has 2 heterocycles. The van der Waals surface area contributed by atoms with Gasteiger partial charge in [0.05, 0.1) is 38.4 Å². The number of carbonyl (C=O) groups excluding carboxylic acids is 2. The van der Waals surface area contributed by atoms with Crippen molar-refractivity contribution in [3.8, 4) is 0 Å². The number of amides is 2. The number of nitrogens with zero attached hydrogens (tertiary/aromatic N) is 3. The normalized spacial score (nSPS) is 16.6. The first-order chi connectivity index (χ1) is 20.2. The molecule has 0 aliphatic carbocycles. The van der Waals surface area contributed by atoms with Crippen molar-refractivity contribution in [3.63, 3.8) is 0 Å². The molecular weight excluding hydrogens is 542 g/mol. The van der Waals surface area contributed by atoms with Crippen molar-refractivity contribution in [3.05, 3.63) is 118 Å². The summed E-state index contributed by atoms with van der Waals surface area (Å²) in [6.07, 6.45) is 0. The maximum absolute atomic E-state index is 14.0. The standard InChI is InChI=1S/C35H35N3O3S/c1-23-9-11-25(3)28(19-23)22-38-31-21-27(13-14-33(31)42(41)32-8-6-5-7-29(32)35(38)40)34(39)37-17-15-36(16-18-37)30-20-24(2)10-12-26(30)4/h5-14,19-21H,15-18,22H2,1-4H3. The van der Waals surface area contributed by atoms with Crippen LogP contribution in [0.1, 0.15) is 48.5 Å².